The van der Waals surface area contributed by atoms with Gasteiger partial charge in [0.25, 0.3) is 0 Å². The van der Waals surface area contributed by atoms with Crippen LogP contribution < -0.4 is 0 Å². The molecule has 0 aliphatic rings. The molecular formula is C27H38O5. The Morgan fingerprint density at radius 1 is 0.812 bits per heavy atom. The number of carbonyl (C=O) groups is 2. The zero-order chi connectivity index (χ0) is 23.3. The Kier molecular flexibility index (Phi) is 16.1. The molecule has 0 bridgehead atoms. The van der Waals surface area contributed by atoms with Crippen LogP contribution >= 0.6 is 0 Å². The van der Waals surface area contributed by atoms with Gasteiger partial charge in [-0.25, -0.2) is 4.79 Å². The summed E-state index contributed by atoms with van der Waals surface area (Å²) >= 11 is 0. The maximum Gasteiger partial charge on any atom is 0.342 e. The zero-order valence-corrected chi connectivity index (χ0v) is 19.3. The monoisotopic (exact) mass is 442 g/mol. The van der Waals surface area contributed by atoms with Crippen molar-refractivity contribution in [2.45, 2.75) is 71.1 Å². The number of aromatic hydroxyl groups is 1. The molecule has 5 nitrogen and oxygen atoms in total. The number of allylic oxidation sites excluding steroid dienone is 6. The van der Waals surface area contributed by atoms with Crippen LogP contribution in [0.3, 0.4) is 0 Å². The largest absolute Gasteiger partial charge is 0.507 e. The van der Waals surface area contributed by atoms with Crippen LogP contribution in [0.5, 0.6) is 5.75 Å². The molecule has 0 fully saturated rings. The van der Waals surface area contributed by atoms with Crippen LogP contribution in [0.25, 0.3) is 0 Å². The lowest BCUT2D eigenvalue weighted by molar-refractivity contribution is -0.144. The molecule has 1 aromatic carbocycles. The van der Waals surface area contributed by atoms with Crippen molar-refractivity contribution in [1.29, 1.82) is 0 Å². The van der Waals surface area contributed by atoms with Gasteiger partial charge in [-0.05, 0) is 37.8 Å². The summed E-state index contributed by atoms with van der Waals surface area (Å²) in [7, 11) is 0. The van der Waals surface area contributed by atoms with Gasteiger partial charge in [0.2, 0.25) is 0 Å². The van der Waals surface area contributed by atoms with Crippen molar-refractivity contribution >= 4 is 11.9 Å². The molecule has 1 aromatic rings. The SMILES string of the molecule is CCCC/C=C/C=C/C=C/CCCCCCCC(=O)OCCOC(=O)c1ccccc1O. The molecular weight excluding hydrogens is 404 g/mol. The summed E-state index contributed by atoms with van der Waals surface area (Å²) in [4.78, 5) is 23.5. The molecule has 0 aliphatic carbocycles. The van der Waals surface area contributed by atoms with Gasteiger partial charge in [0, 0.05) is 6.42 Å². The van der Waals surface area contributed by atoms with Gasteiger partial charge in [0.05, 0.1) is 0 Å². The second-order valence-electron chi connectivity index (χ2n) is 7.56. The third-order valence-corrected chi connectivity index (χ3v) is 4.79. The molecule has 1 rings (SSSR count). The number of esters is 2. The molecule has 0 saturated heterocycles. The topological polar surface area (TPSA) is 72.8 Å². The second-order valence-corrected chi connectivity index (χ2v) is 7.56. The Hall–Kier alpha value is -2.82. The first-order chi connectivity index (χ1) is 15.6. The van der Waals surface area contributed by atoms with Gasteiger partial charge in [-0.1, -0.05) is 87.6 Å². The maximum atomic E-state index is 11.8. The van der Waals surface area contributed by atoms with Crippen molar-refractivity contribution in [3.8, 4) is 5.75 Å². The lowest BCUT2D eigenvalue weighted by Gasteiger charge is -2.07. The van der Waals surface area contributed by atoms with Crippen LogP contribution in [-0.4, -0.2) is 30.3 Å². The number of unbranched alkanes of at least 4 members (excludes halogenated alkanes) is 7. The van der Waals surface area contributed by atoms with E-state index in [4.69, 9.17) is 9.47 Å². The fourth-order valence-electron chi connectivity index (χ4n) is 2.95. The summed E-state index contributed by atoms with van der Waals surface area (Å²) in [6.07, 6.45) is 23.1. The minimum Gasteiger partial charge on any atom is -0.507 e. The quantitative estimate of drug-likeness (QED) is 0.165. The summed E-state index contributed by atoms with van der Waals surface area (Å²) in [5.41, 5.74) is 0.0979. The smallest absolute Gasteiger partial charge is 0.342 e. The highest BCUT2D eigenvalue weighted by Gasteiger charge is 2.11. The maximum absolute atomic E-state index is 11.8. The Morgan fingerprint density at radius 3 is 2.16 bits per heavy atom. The number of para-hydroxylation sites is 1. The van der Waals surface area contributed by atoms with E-state index < -0.39 is 5.97 Å². The highest BCUT2D eigenvalue weighted by molar-refractivity contribution is 5.92. The highest BCUT2D eigenvalue weighted by atomic mass is 16.6. The molecule has 0 amide bonds. The minimum atomic E-state index is -0.635. The third kappa shape index (κ3) is 14.2. The van der Waals surface area contributed by atoms with Crippen LogP contribution in [0.1, 0.15) is 81.5 Å². The molecule has 176 valence electrons. The lowest BCUT2D eigenvalue weighted by atomic mass is 10.1. The fourth-order valence-corrected chi connectivity index (χ4v) is 2.95. The van der Waals surface area contributed by atoms with Crippen molar-refractivity contribution in [3.05, 3.63) is 66.3 Å². The number of benzene rings is 1. The van der Waals surface area contributed by atoms with Crippen molar-refractivity contribution < 1.29 is 24.2 Å². The van der Waals surface area contributed by atoms with E-state index in [1.54, 1.807) is 12.1 Å². The van der Waals surface area contributed by atoms with E-state index in [1.165, 1.54) is 25.0 Å². The third-order valence-electron chi connectivity index (χ3n) is 4.79. The predicted octanol–water partition coefficient (Wildman–Crippen LogP) is 6.68. The first-order valence-corrected chi connectivity index (χ1v) is 11.7. The summed E-state index contributed by atoms with van der Waals surface area (Å²) in [6.45, 7) is 2.19. The number of carbonyl (C=O) groups excluding carboxylic acids is 2. The second kappa shape index (κ2) is 18.9. The molecule has 5 heteroatoms. The Balaban J connectivity index is 1.94. The van der Waals surface area contributed by atoms with Crippen LogP contribution in [0.15, 0.2) is 60.7 Å². The number of rotatable bonds is 17. The number of phenols is 1. The van der Waals surface area contributed by atoms with Gasteiger partial charge in [-0.2, -0.15) is 0 Å². The molecule has 0 saturated carbocycles. The Morgan fingerprint density at radius 2 is 1.44 bits per heavy atom. The highest BCUT2D eigenvalue weighted by Crippen LogP contribution is 2.16. The van der Waals surface area contributed by atoms with E-state index in [1.807, 2.05) is 0 Å². The number of ether oxygens (including phenoxy) is 2. The summed E-state index contributed by atoms with van der Waals surface area (Å²) < 4.78 is 10.1. The minimum absolute atomic E-state index is 0.0213. The fraction of sp³-hybridized carbons (Fsp3) is 0.481. The molecule has 32 heavy (non-hydrogen) atoms. The molecule has 0 heterocycles. The van der Waals surface area contributed by atoms with Gasteiger partial charge in [-0.15, -0.1) is 0 Å². The van der Waals surface area contributed by atoms with Crippen molar-refractivity contribution in [2.24, 2.45) is 0 Å². The molecule has 0 unspecified atom stereocenters. The van der Waals surface area contributed by atoms with Gasteiger partial charge in [-0.3, -0.25) is 4.79 Å². The number of hydrogen-bond donors (Lipinski definition) is 1. The molecule has 1 N–H and O–H groups in total. The first-order valence-electron chi connectivity index (χ1n) is 11.7. The average molecular weight is 443 g/mol. The van der Waals surface area contributed by atoms with E-state index in [9.17, 15) is 14.7 Å². The molecule has 0 aliphatic heterocycles. The van der Waals surface area contributed by atoms with E-state index in [2.05, 4.69) is 43.4 Å². The normalized spacial score (nSPS) is 11.5. The van der Waals surface area contributed by atoms with Crippen molar-refractivity contribution in [2.75, 3.05) is 13.2 Å². The van der Waals surface area contributed by atoms with E-state index >= 15 is 0 Å². The van der Waals surface area contributed by atoms with Crippen LogP contribution in [0.2, 0.25) is 0 Å². The molecule has 0 aromatic heterocycles. The summed E-state index contributed by atoms with van der Waals surface area (Å²) in [6, 6.07) is 6.16. The number of hydrogen-bond acceptors (Lipinski definition) is 5. The van der Waals surface area contributed by atoms with E-state index in [0.29, 0.717) is 6.42 Å². The lowest BCUT2D eigenvalue weighted by Crippen LogP contribution is -2.14. The van der Waals surface area contributed by atoms with Gasteiger partial charge in [0.1, 0.15) is 24.5 Å². The van der Waals surface area contributed by atoms with Crippen LogP contribution in [0, 0.1) is 0 Å². The van der Waals surface area contributed by atoms with Crippen LogP contribution in [0.4, 0.5) is 0 Å². The number of phenolic OH excluding ortho intramolecular Hbond substituents is 1. The first kappa shape index (κ1) is 27.2. The Labute approximate surface area is 192 Å². The van der Waals surface area contributed by atoms with Gasteiger partial charge >= 0.3 is 11.9 Å². The van der Waals surface area contributed by atoms with Crippen molar-refractivity contribution in [1.82, 2.24) is 0 Å². The molecule has 0 spiro atoms. The molecule has 0 atom stereocenters. The standard InChI is InChI=1S/C27H38O5/c1-2-3-4-5-6-7-8-9-10-11-12-13-14-15-16-21-26(29)31-22-23-32-27(30)24-19-17-18-20-25(24)28/h5-10,17-20,28H,2-4,11-16,21-23H2,1H3/b6-5+,8-7+,10-9+. The van der Waals surface area contributed by atoms with Crippen LogP contribution in [-0.2, 0) is 14.3 Å². The predicted molar refractivity (Wildman–Crippen MR) is 129 cm³/mol. The molecule has 0 radical (unpaired) electrons. The Bertz CT molecular complexity index is 733. The van der Waals surface area contributed by atoms with E-state index in [0.717, 1.165) is 44.9 Å². The van der Waals surface area contributed by atoms with Gasteiger partial charge < -0.3 is 14.6 Å². The van der Waals surface area contributed by atoms with Crippen molar-refractivity contribution in [3.63, 3.8) is 0 Å². The summed E-state index contributed by atoms with van der Waals surface area (Å²) in [5.74, 6) is -1.04. The van der Waals surface area contributed by atoms with Gasteiger partial charge in [0.15, 0.2) is 0 Å². The average Bonchev–Trinajstić information content (AvgIpc) is 2.79. The zero-order valence-electron chi connectivity index (χ0n) is 19.3. The summed E-state index contributed by atoms with van der Waals surface area (Å²) in [5, 5.41) is 9.59. The van der Waals surface area contributed by atoms with E-state index in [-0.39, 0.29) is 30.5 Å².